The van der Waals surface area contributed by atoms with Gasteiger partial charge in [0.05, 0.1) is 21.8 Å². The zero-order chi connectivity index (χ0) is 19.8. The predicted molar refractivity (Wildman–Crippen MR) is 119 cm³/mol. The molecule has 2 heterocycles. The van der Waals surface area contributed by atoms with Crippen molar-refractivity contribution in [2.24, 2.45) is 0 Å². The van der Waals surface area contributed by atoms with E-state index in [1.165, 1.54) is 23.3 Å². The first-order valence-corrected chi connectivity index (χ1v) is 11.2. The number of carbonyl (C=O) groups excluding carboxylic acids is 1. The minimum Gasteiger partial charge on any atom is -0.313 e. The van der Waals surface area contributed by atoms with E-state index < -0.39 is 0 Å². The van der Waals surface area contributed by atoms with Gasteiger partial charge in [-0.3, -0.25) is 4.79 Å². The number of anilines is 1. The molecule has 0 aliphatic heterocycles. The SMILES string of the molecule is N#Cc1ccc(C(=O)Nc2sc3c(c2-c2nc4ccccc4s2)CCCC3)cc1. The monoisotopic (exact) mass is 415 g/mol. The van der Waals surface area contributed by atoms with Gasteiger partial charge in [0, 0.05) is 16.0 Å². The highest BCUT2D eigenvalue weighted by Crippen LogP contribution is 2.46. The molecule has 1 N–H and O–H groups in total. The van der Waals surface area contributed by atoms with E-state index in [4.69, 9.17) is 10.2 Å². The molecular weight excluding hydrogens is 398 g/mol. The summed E-state index contributed by atoms with van der Waals surface area (Å²) < 4.78 is 1.16. The largest absolute Gasteiger partial charge is 0.313 e. The molecule has 0 fully saturated rings. The van der Waals surface area contributed by atoms with Crippen LogP contribution in [0.1, 0.15) is 39.2 Å². The Hall–Kier alpha value is -3.01. The molecule has 2 aromatic heterocycles. The van der Waals surface area contributed by atoms with Crippen LogP contribution in [0.5, 0.6) is 0 Å². The Labute approximate surface area is 176 Å². The van der Waals surface area contributed by atoms with Crippen LogP contribution in [0.25, 0.3) is 20.8 Å². The summed E-state index contributed by atoms with van der Waals surface area (Å²) >= 11 is 3.36. The van der Waals surface area contributed by atoms with E-state index >= 15 is 0 Å². The maximum Gasteiger partial charge on any atom is 0.256 e. The number of hydrogen-bond acceptors (Lipinski definition) is 5. The molecule has 1 amide bonds. The van der Waals surface area contributed by atoms with E-state index in [0.717, 1.165) is 38.6 Å². The van der Waals surface area contributed by atoms with Crippen LogP contribution in [0.2, 0.25) is 0 Å². The van der Waals surface area contributed by atoms with E-state index in [1.54, 1.807) is 46.9 Å². The van der Waals surface area contributed by atoms with Gasteiger partial charge in [-0.05, 0) is 67.6 Å². The number of amides is 1. The summed E-state index contributed by atoms with van der Waals surface area (Å²) in [5.41, 5.74) is 4.52. The standard InChI is InChI=1S/C23H17N3OS2/c24-13-14-9-11-15(12-10-14)21(27)26-23-20(16-5-1-3-7-18(16)28-23)22-25-17-6-2-4-8-19(17)29-22/h2,4,6,8-12H,1,3,5,7H2,(H,26,27). The number of nitrogens with one attached hydrogen (secondary N) is 1. The van der Waals surface area contributed by atoms with Gasteiger partial charge < -0.3 is 5.32 Å². The molecule has 6 heteroatoms. The van der Waals surface area contributed by atoms with Crippen molar-refractivity contribution in [1.82, 2.24) is 4.98 Å². The molecule has 5 rings (SSSR count). The molecule has 1 aliphatic carbocycles. The zero-order valence-electron chi connectivity index (χ0n) is 15.6. The van der Waals surface area contributed by atoms with Crippen LogP contribution in [0, 0.1) is 11.3 Å². The molecule has 4 aromatic rings. The second-order valence-electron chi connectivity index (χ2n) is 7.05. The van der Waals surface area contributed by atoms with Gasteiger partial charge in [0.2, 0.25) is 0 Å². The number of nitrogens with zero attached hydrogens (tertiary/aromatic N) is 2. The van der Waals surface area contributed by atoms with Gasteiger partial charge in [0.1, 0.15) is 10.0 Å². The number of para-hydroxylation sites is 1. The van der Waals surface area contributed by atoms with E-state index in [0.29, 0.717) is 11.1 Å². The van der Waals surface area contributed by atoms with Gasteiger partial charge in [-0.15, -0.1) is 22.7 Å². The highest BCUT2D eigenvalue weighted by Gasteiger charge is 2.25. The van der Waals surface area contributed by atoms with Crippen LogP contribution in [0.3, 0.4) is 0 Å². The van der Waals surface area contributed by atoms with Crippen molar-refractivity contribution in [1.29, 1.82) is 5.26 Å². The summed E-state index contributed by atoms with van der Waals surface area (Å²) in [6.45, 7) is 0. The number of aryl methyl sites for hydroxylation is 1. The molecule has 4 nitrogen and oxygen atoms in total. The third kappa shape index (κ3) is 3.33. The summed E-state index contributed by atoms with van der Waals surface area (Å²) in [5, 5.41) is 13.9. The Kier molecular flexibility index (Phi) is 4.62. The molecule has 0 unspecified atom stereocenters. The van der Waals surface area contributed by atoms with E-state index in [9.17, 15) is 4.79 Å². The molecule has 0 radical (unpaired) electrons. The summed E-state index contributed by atoms with van der Waals surface area (Å²) in [7, 11) is 0. The Bertz CT molecular complexity index is 1230. The predicted octanol–water partition coefficient (Wildman–Crippen LogP) is 6.03. The van der Waals surface area contributed by atoms with E-state index in [-0.39, 0.29) is 5.91 Å². The first-order valence-electron chi connectivity index (χ1n) is 9.55. The van der Waals surface area contributed by atoms with Gasteiger partial charge in [-0.25, -0.2) is 4.98 Å². The quantitative estimate of drug-likeness (QED) is 0.444. The second-order valence-corrected chi connectivity index (χ2v) is 9.18. The summed E-state index contributed by atoms with van der Waals surface area (Å²) in [6, 6.07) is 17.0. The molecule has 1 aliphatic rings. The third-order valence-electron chi connectivity index (χ3n) is 5.18. The lowest BCUT2D eigenvalue weighted by molar-refractivity contribution is 0.102. The van der Waals surface area contributed by atoms with Gasteiger partial charge in [-0.2, -0.15) is 5.26 Å². The van der Waals surface area contributed by atoms with Crippen LogP contribution < -0.4 is 5.32 Å². The Balaban J connectivity index is 1.56. The third-order valence-corrected chi connectivity index (χ3v) is 7.44. The number of nitriles is 1. The van der Waals surface area contributed by atoms with Crippen molar-refractivity contribution in [3.05, 3.63) is 70.1 Å². The van der Waals surface area contributed by atoms with Crippen molar-refractivity contribution in [3.8, 4) is 16.6 Å². The Morgan fingerprint density at radius 1 is 1.03 bits per heavy atom. The summed E-state index contributed by atoms with van der Waals surface area (Å²) in [6.07, 6.45) is 4.45. The molecular formula is C23H17N3OS2. The molecule has 2 aromatic carbocycles. The lowest BCUT2D eigenvalue weighted by Gasteiger charge is -2.11. The van der Waals surface area contributed by atoms with Crippen molar-refractivity contribution in [2.45, 2.75) is 25.7 Å². The molecule has 142 valence electrons. The fraction of sp³-hybridized carbons (Fsp3) is 0.174. The highest BCUT2D eigenvalue weighted by molar-refractivity contribution is 7.23. The smallest absolute Gasteiger partial charge is 0.256 e. The van der Waals surface area contributed by atoms with Crippen molar-refractivity contribution in [3.63, 3.8) is 0 Å². The van der Waals surface area contributed by atoms with Gasteiger partial charge in [-0.1, -0.05) is 12.1 Å². The van der Waals surface area contributed by atoms with Gasteiger partial charge in [0.25, 0.3) is 5.91 Å². The fourth-order valence-electron chi connectivity index (χ4n) is 3.73. The average Bonchev–Trinajstić information content (AvgIpc) is 3.34. The first-order chi connectivity index (χ1) is 14.2. The molecule has 0 saturated carbocycles. The minimum atomic E-state index is -0.157. The Morgan fingerprint density at radius 3 is 2.62 bits per heavy atom. The molecule has 0 bridgehead atoms. The summed E-state index contributed by atoms with van der Waals surface area (Å²) in [5.74, 6) is -0.157. The topological polar surface area (TPSA) is 65.8 Å². The van der Waals surface area contributed by atoms with Gasteiger partial charge in [0.15, 0.2) is 0 Å². The van der Waals surface area contributed by atoms with Crippen LogP contribution in [-0.4, -0.2) is 10.9 Å². The lowest BCUT2D eigenvalue weighted by atomic mass is 9.95. The molecule has 29 heavy (non-hydrogen) atoms. The van der Waals surface area contributed by atoms with E-state index in [1.807, 2.05) is 18.2 Å². The number of aromatic nitrogens is 1. The molecule has 0 saturated heterocycles. The number of hydrogen-bond donors (Lipinski definition) is 1. The molecule has 0 spiro atoms. The molecule has 0 atom stereocenters. The minimum absolute atomic E-state index is 0.157. The number of carbonyl (C=O) groups is 1. The summed E-state index contributed by atoms with van der Waals surface area (Å²) in [4.78, 5) is 19.1. The van der Waals surface area contributed by atoms with Crippen molar-refractivity contribution >= 4 is 43.8 Å². The van der Waals surface area contributed by atoms with Crippen LogP contribution >= 0.6 is 22.7 Å². The normalized spacial score (nSPS) is 13.1. The average molecular weight is 416 g/mol. The first kappa shape index (κ1) is 18.0. The van der Waals surface area contributed by atoms with Crippen LogP contribution in [-0.2, 0) is 12.8 Å². The lowest BCUT2D eigenvalue weighted by Crippen LogP contribution is -2.11. The number of fused-ring (bicyclic) bond motifs is 2. The highest BCUT2D eigenvalue weighted by atomic mass is 32.1. The van der Waals surface area contributed by atoms with Crippen LogP contribution in [0.4, 0.5) is 5.00 Å². The number of thiazole rings is 1. The maximum absolute atomic E-state index is 12.9. The van der Waals surface area contributed by atoms with Crippen molar-refractivity contribution < 1.29 is 4.79 Å². The number of rotatable bonds is 3. The number of benzene rings is 2. The maximum atomic E-state index is 12.9. The van der Waals surface area contributed by atoms with Gasteiger partial charge >= 0.3 is 0 Å². The van der Waals surface area contributed by atoms with Crippen molar-refractivity contribution in [2.75, 3.05) is 5.32 Å². The fourth-order valence-corrected chi connectivity index (χ4v) is 6.13. The van der Waals surface area contributed by atoms with Crippen LogP contribution in [0.15, 0.2) is 48.5 Å². The van der Waals surface area contributed by atoms with E-state index in [2.05, 4.69) is 17.5 Å². The Morgan fingerprint density at radius 2 is 1.83 bits per heavy atom. The number of thiophene rings is 1. The second kappa shape index (κ2) is 7.43. The zero-order valence-corrected chi connectivity index (χ0v) is 17.2.